The summed E-state index contributed by atoms with van der Waals surface area (Å²) in [5, 5.41) is 15.0. The fraction of sp³-hybridized carbons (Fsp3) is 0.571. The van der Waals surface area contributed by atoms with E-state index in [1.807, 2.05) is 0 Å². The highest BCUT2D eigenvalue weighted by Crippen LogP contribution is 2.36. The summed E-state index contributed by atoms with van der Waals surface area (Å²) in [6.07, 6.45) is -6.84. The Morgan fingerprint density at radius 1 is 1.00 bits per heavy atom. The summed E-state index contributed by atoms with van der Waals surface area (Å²) in [6.45, 7) is 5.15. The lowest BCUT2D eigenvalue weighted by molar-refractivity contribution is -0.143. The van der Waals surface area contributed by atoms with Crippen LogP contribution in [0.2, 0.25) is 0 Å². The van der Waals surface area contributed by atoms with Crippen LogP contribution in [0.1, 0.15) is 47.2 Å². The zero-order valence-electron chi connectivity index (χ0n) is 17.2. The maximum absolute atomic E-state index is 12.9. The number of nitrogens with zero attached hydrogens (tertiary/aromatic N) is 1. The number of halogens is 6. The molecule has 11 heteroatoms. The van der Waals surface area contributed by atoms with Crippen molar-refractivity contribution in [2.45, 2.75) is 56.2 Å². The molecule has 1 aromatic carbocycles. The third-order valence-electron chi connectivity index (χ3n) is 5.81. The van der Waals surface area contributed by atoms with Crippen LogP contribution in [-0.4, -0.2) is 53.7 Å². The molecule has 0 atom stereocenters. The molecular formula is C21H25F6N3O2. The number of hydrogen-bond donors (Lipinski definition) is 3. The van der Waals surface area contributed by atoms with Gasteiger partial charge in [-0.05, 0) is 43.9 Å². The van der Waals surface area contributed by atoms with Gasteiger partial charge in [0.1, 0.15) is 0 Å². The molecule has 0 spiro atoms. The summed E-state index contributed by atoms with van der Waals surface area (Å²) in [6, 6.07) is 1.29. The molecule has 32 heavy (non-hydrogen) atoms. The summed E-state index contributed by atoms with van der Waals surface area (Å²) >= 11 is 0. The van der Waals surface area contributed by atoms with Crippen molar-refractivity contribution in [3.8, 4) is 0 Å². The van der Waals surface area contributed by atoms with Gasteiger partial charge in [-0.1, -0.05) is 6.58 Å². The van der Waals surface area contributed by atoms with E-state index in [1.165, 1.54) is 0 Å². The third-order valence-corrected chi connectivity index (χ3v) is 5.81. The first-order chi connectivity index (χ1) is 14.8. The number of rotatable bonds is 6. The number of benzene rings is 1. The van der Waals surface area contributed by atoms with E-state index >= 15 is 0 Å². The van der Waals surface area contributed by atoms with Gasteiger partial charge < -0.3 is 15.7 Å². The van der Waals surface area contributed by atoms with Crippen LogP contribution >= 0.6 is 0 Å². The van der Waals surface area contributed by atoms with Crippen molar-refractivity contribution in [3.05, 3.63) is 47.2 Å². The van der Waals surface area contributed by atoms with Gasteiger partial charge >= 0.3 is 12.4 Å². The maximum Gasteiger partial charge on any atom is 0.416 e. The Labute approximate surface area is 181 Å². The molecule has 0 bridgehead atoms. The number of carbonyl (C=O) groups is 1. The second-order valence-electron chi connectivity index (χ2n) is 8.34. The molecule has 178 valence electrons. The van der Waals surface area contributed by atoms with E-state index in [2.05, 4.69) is 22.1 Å². The third kappa shape index (κ3) is 6.16. The van der Waals surface area contributed by atoms with Crippen LogP contribution in [0.4, 0.5) is 26.3 Å². The molecule has 3 N–H and O–H groups in total. The Hall–Kier alpha value is -2.27. The van der Waals surface area contributed by atoms with Crippen molar-refractivity contribution in [2.75, 3.05) is 19.6 Å². The number of amides is 1. The van der Waals surface area contributed by atoms with E-state index in [4.69, 9.17) is 0 Å². The Bertz CT molecular complexity index is 809. The minimum atomic E-state index is -5.02. The lowest BCUT2D eigenvalue weighted by Crippen LogP contribution is -2.61. The zero-order valence-corrected chi connectivity index (χ0v) is 17.2. The average molecular weight is 465 g/mol. The van der Waals surface area contributed by atoms with Crippen molar-refractivity contribution in [1.82, 2.24) is 15.5 Å². The standard InChI is InChI=1S/C21H25F6N3O2/c1-12(29-16-10-30(11-16)17-2-4-18(31)5-3-17)9-28-19(32)13-6-14(20(22,23)24)8-15(7-13)21(25,26)27/h6-8,16-18,29,31H,1-5,9-11H2,(H,28,32)/t17-,18-. The molecule has 1 saturated carbocycles. The van der Waals surface area contributed by atoms with Gasteiger partial charge in [0.05, 0.1) is 29.8 Å². The van der Waals surface area contributed by atoms with Crippen molar-refractivity contribution in [3.63, 3.8) is 0 Å². The van der Waals surface area contributed by atoms with E-state index in [-0.39, 0.29) is 24.8 Å². The SMILES string of the molecule is C=C(CNC(=O)c1cc(C(F)(F)F)cc(C(F)(F)F)c1)NC1CN([C@H]2CC[C@H](O)CC2)C1. The first-order valence-corrected chi connectivity index (χ1v) is 10.3. The van der Waals surface area contributed by atoms with Crippen LogP contribution in [0, 0.1) is 0 Å². The zero-order chi connectivity index (χ0) is 23.7. The van der Waals surface area contributed by atoms with Crippen molar-refractivity contribution in [2.24, 2.45) is 0 Å². The monoisotopic (exact) mass is 465 g/mol. The molecule has 2 fully saturated rings. The number of aliphatic hydroxyl groups is 1. The Morgan fingerprint density at radius 2 is 1.53 bits per heavy atom. The van der Waals surface area contributed by atoms with Crippen LogP contribution in [0.25, 0.3) is 0 Å². The van der Waals surface area contributed by atoms with Gasteiger partial charge in [0.2, 0.25) is 0 Å². The number of likely N-dealkylation sites (tertiary alicyclic amines) is 1. The molecule has 1 amide bonds. The highest BCUT2D eigenvalue weighted by Gasteiger charge is 2.38. The predicted octanol–water partition coefficient (Wildman–Crippen LogP) is 3.55. The number of carbonyl (C=O) groups excluding carboxylic acids is 1. The molecule has 1 aliphatic carbocycles. The minimum absolute atomic E-state index is 0.0212. The lowest BCUT2D eigenvalue weighted by atomic mass is 9.89. The van der Waals surface area contributed by atoms with Gasteiger partial charge in [0.25, 0.3) is 5.91 Å². The molecule has 1 aliphatic heterocycles. The van der Waals surface area contributed by atoms with Crippen LogP contribution in [0.3, 0.4) is 0 Å². The van der Waals surface area contributed by atoms with Crippen LogP contribution in [0.15, 0.2) is 30.5 Å². The van der Waals surface area contributed by atoms with Crippen molar-refractivity contribution < 1.29 is 36.2 Å². The second-order valence-corrected chi connectivity index (χ2v) is 8.34. The smallest absolute Gasteiger partial charge is 0.393 e. The minimum Gasteiger partial charge on any atom is -0.393 e. The predicted molar refractivity (Wildman–Crippen MR) is 105 cm³/mol. The van der Waals surface area contributed by atoms with E-state index in [0.29, 0.717) is 23.9 Å². The van der Waals surface area contributed by atoms with Gasteiger partial charge in [-0.2, -0.15) is 26.3 Å². The maximum atomic E-state index is 12.9. The van der Waals surface area contributed by atoms with Crippen LogP contribution < -0.4 is 10.6 Å². The fourth-order valence-electron chi connectivity index (χ4n) is 4.04. The average Bonchev–Trinajstić information content (AvgIpc) is 2.68. The molecule has 3 rings (SSSR count). The molecule has 1 saturated heterocycles. The van der Waals surface area contributed by atoms with Crippen molar-refractivity contribution >= 4 is 5.91 Å². The second kappa shape index (κ2) is 9.30. The molecule has 0 unspecified atom stereocenters. The van der Waals surface area contributed by atoms with Gasteiger partial charge in [-0.25, -0.2) is 0 Å². The number of nitrogens with one attached hydrogen (secondary N) is 2. The highest BCUT2D eigenvalue weighted by molar-refractivity contribution is 5.94. The largest absolute Gasteiger partial charge is 0.416 e. The van der Waals surface area contributed by atoms with Gasteiger partial charge in [0.15, 0.2) is 0 Å². The first-order valence-electron chi connectivity index (χ1n) is 10.3. The summed E-state index contributed by atoms with van der Waals surface area (Å²) in [5.41, 5.74) is -3.40. The van der Waals surface area contributed by atoms with E-state index in [0.717, 1.165) is 38.8 Å². The van der Waals surface area contributed by atoms with Gasteiger partial charge in [-0.3, -0.25) is 9.69 Å². The Balaban J connectivity index is 1.51. The number of alkyl halides is 6. The normalized spacial score (nSPS) is 22.8. The lowest BCUT2D eigenvalue weighted by Gasteiger charge is -2.46. The molecule has 0 radical (unpaired) electrons. The van der Waals surface area contributed by atoms with E-state index < -0.39 is 35.0 Å². The molecule has 1 aromatic rings. The summed E-state index contributed by atoms with van der Waals surface area (Å²) in [7, 11) is 0. The summed E-state index contributed by atoms with van der Waals surface area (Å²) in [4.78, 5) is 14.5. The summed E-state index contributed by atoms with van der Waals surface area (Å²) in [5.74, 6) is -1.06. The van der Waals surface area contributed by atoms with Crippen LogP contribution in [-0.2, 0) is 12.4 Å². The summed E-state index contributed by atoms with van der Waals surface area (Å²) < 4.78 is 77.7. The topological polar surface area (TPSA) is 64.6 Å². The van der Waals surface area contributed by atoms with E-state index in [9.17, 15) is 36.2 Å². The number of aliphatic hydroxyl groups excluding tert-OH is 1. The molecule has 1 heterocycles. The molecular weight excluding hydrogens is 440 g/mol. The van der Waals surface area contributed by atoms with E-state index in [1.54, 1.807) is 0 Å². The quantitative estimate of drug-likeness (QED) is 0.563. The Morgan fingerprint density at radius 3 is 2.03 bits per heavy atom. The first kappa shape index (κ1) is 24.4. The van der Waals surface area contributed by atoms with Gasteiger partial charge in [-0.15, -0.1) is 0 Å². The fourth-order valence-corrected chi connectivity index (χ4v) is 4.04. The molecule has 5 nitrogen and oxygen atoms in total. The Kier molecular flexibility index (Phi) is 7.09. The van der Waals surface area contributed by atoms with Gasteiger partial charge in [0, 0.05) is 30.4 Å². The van der Waals surface area contributed by atoms with Crippen molar-refractivity contribution in [1.29, 1.82) is 0 Å². The molecule has 0 aromatic heterocycles. The number of hydrogen-bond acceptors (Lipinski definition) is 4. The van der Waals surface area contributed by atoms with Crippen LogP contribution in [0.5, 0.6) is 0 Å². The molecule has 2 aliphatic rings. The highest BCUT2D eigenvalue weighted by atomic mass is 19.4.